The first-order valence-electron chi connectivity index (χ1n) is 10.00. The number of aldehydes is 1. The zero-order valence-electron chi connectivity index (χ0n) is 17.2. The van der Waals surface area contributed by atoms with E-state index in [0.29, 0.717) is 23.2 Å². The van der Waals surface area contributed by atoms with E-state index >= 15 is 0 Å². The second kappa shape index (κ2) is 10.7. The van der Waals surface area contributed by atoms with Gasteiger partial charge in [0.2, 0.25) is 5.91 Å². The lowest BCUT2D eigenvalue weighted by molar-refractivity contribution is -0.114. The van der Waals surface area contributed by atoms with Crippen LogP contribution in [0.3, 0.4) is 0 Å². The van der Waals surface area contributed by atoms with E-state index < -0.39 is 6.04 Å². The standard InChI is InChI=1S/C26H24N2O3/c1-19(30)27-23-14-15-25(22(17-23)13-12-20-8-4-2-5-9-20)26(31)28-24(18-29)16-21-10-6-3-7-11-21/h2-15,17-18,24H,16H2,1H3,(H,27,30)(H,28,31)/b13-12+. The van der Waals surface area contributed by atoms with Crippen molar-refractivity contribution in [2.24, 2.45) is 0 Å². The normalized spacial score (nSPS) is 11.6. The predicted octanol–water partition coefficient (Wildman–Crippen LogP) is 4.36. The number of carbonyl (C=O) groups excluding carboxylic acids is 3. The third-order valence-corrected chi connectivity index (χ3v) is 4.65. The number of amides is 2. The Morgan fingerprint density at radius 1 is 0.903 bits per heavy atom. The van der Waals surface area contributed by atoms with E-state index in [2.05, 4.69) is 10.6 Å². The molecule has 5 heteroatoms. The van der Waals surface area contributed by atoms with Crippen molar-refractivity contribution in [2.45, 2.75) is 19.4 Å². The van der Waals surface area contributed by atoms with E-state index in [9.17, 15) is 14.4 Å². The largest absolute Gasteiger partial charge is 0.342 e. The highest BCUT2D eigenvalue weighted by molar-refractivity contribution is 6.01. The fourth-order valence-corrected chi connectivity index (χ4v) is 3.19. The molecule has 31 heavy (non-hydrogen) atoms. The van der Waals surface area contributed by atoms with Crippen LogP contribution in [0, 0.1) is 0 Å². The predicted molar refractivity (Wildman–Crippen MR) is 124 cm³/mol. The lowest BCUT2D eigenvalue weighted by Crippen LogP contribution is -2.37. The molecule has 1 unspecified atom stereocenters. The van der Waals surface area contributed by atoms with Gasteiger partial charge in [-0.25, -0.2) is 0 Å². The van der Waals surface area contributed by atoms with E-state index in [0.717, 1.165) is 17.4 Å². The quantitative estimate of drug-likeness (QED) is 0.427. The molecular formula is C26H24N2O3. The number of nitrogens with one attached hydrogen (secondary N) is 2. The van der Waals surface area contributed by atoms with Gasteiger partial charge in [-0.15, -0.1) is 0 Å². The number of anilines is 1. The van der Waals surface area contributed by atoms with E-state index in [-0.39, 0.29) is 11.8 Å². The molecule has 0 fully saturated rings. The van der Waals surface area contributed by atoms with Gasteiger partial charge in [0.15, 0.2) is 0 Å². The average molecular weight is 412 g/mol. The molecule has 0 heterocycles. The molecule has 5 nitrogen and oxygen atoms in total. The van der Waals surface area contributed by atoms with Crippen LogP contribution in [0.4, 0.5) is 5.69 Å². The summed E-state index contributed by atoms with van der Waals surface area (Å²) in [5.74, 6) is -0.547. The summed E-state index contributed by atoms with van der Waals surface area (Å²) < 4.78 is 0. The zero-order chi connectivity index (χ0) is 22.1. The van der Waals surface area contributed by atoms with E-state index in [1.165, 1.54) is 6.92 Å². The molecular weight excluding hydrogens is 388 g/mol. The highest BCUT2D eigenvalue weighted by Gasteiger charge is 2.16. The summed E-state index contributed by atoms with van der Waals surface area (Å²) in [5, 5.41) is 5.54. The van der Waals surface area contributed by atoms with Gasteiger partial charge in [0.25, 0.3) is 5.91 Å². The summed E-state index contributed by atoms with van der Waals surface area (Å²) in [4.78, 5) is 36.0. The number of rotatable bonds is 8. The maximum absolute atomic E-state index is 13.0. The lowest BCUT2D eigenvalue weighted by atomic mass is 10.0. The lowest BCUT2D eigenvalue weighted by Gasteiger charge is -2.15. The van der Waals surface area contributed by atoms with Crippen LogP contribution in [-0.4, -0.2) is 24.1 Å². The van der Waals surface area contributed by atoms with Crippen LogP contribution in [0.2, 0.25) is 0 Å². The summed E-state index contributed by atoms with van der Waals surface area (Å²) in [6.07, 6.45) is 4.87. The molecule has 3 rings (SSSR count). The number of hydrogen-bond donors (Lipinski definition) is 2. The molecule has 0 aliphatic heterocycles. The van der Waals surface area contributed by atoms with E-state index in [1.54, 1.807) is 18.2 Å². The van der Waals surface area contributed by atoms with Gasteiger partial charge in [-0.3, -0.25) is 9.59 Å². The topological polar surface area (TPSA) is 75.3 Å². The van der Waals surface area contributed by atoms with E-state index in [1.807, 2.05) is 72.8 Å². The van der Waals surface area contributed by atoms with Crippen molar-refractivity contribution in [3.8, 4) is 0 Å². The van der Waals surface area contributed by atoms with Gasteiger partial charge in [-0.2, -0.15) is 0 Å². The van der Waals surface area contributed by atoms with E-state index in [4.69, 9.17) is 0 Å². The SMILES string of the molecule is CC(=O)Nc1ccc(C(=O)NC(C=O)Cc2ccccc2)c(/C=C/c2ccccc2)c1. The minimum atomic E-state index is -0.643. The minimum Gasteiger partial charge on any atom is -0.342 e. The number of carbonyl (C=O) groups is 3. The van der Waals surface area contributed by atoms with Crippen LogP contribution < -0.4 is 10.6 Å². The molecule has 3 aromatic rings. The first-order valence-corrected chi connectivity index (χ1v) is 10.00. The Morgan fingerprint density at radius 2 is 1.58 bits per heavy atom. The van der Waals surface area contributed by atoms with Crippen molar-refractivity contribution in [3.05, 3.63) is 101 Å². The van der Waals surface area contributed by atoms with Crippen LogP contribution in [0.25, 0.3) is 12.2 Å². The van der Waals surface area contributed by atoms with Gasteiger partial charge < -0.3 is 15.4 Å². The van der Waals surface area contributed by atoms with Crippen molar-refractivity contribution in [1.82, 2.24) is 5.32 Å². The summed E-state index contributed by atoms with van der Waals surface area (Å²) in [6.45, 7) is 1.43. The Balaban J connectivity index is 1.85. The van der Waals surface area contributed by atoms with Crippen LogP contribution in [-0.2, 0) is 16.0 Å². The van der Waals surface area contributed by atoms with Crippen molar-refractivity contribution in [2.75, 3.05) is 5.32 Å². The molecule has 156 valence electrons. The monoisotopic (exact) mass is 412 g/mol. The van der Waals surface area contributed by atoms with Gasteiger partial charge in [0, 0.05) is 18.2 Å². The first kappa shape index (κ1) is 21.7. The maximum Gasteiger partial charge on any atom is 0.252 e. The van der Waals surface area contributed by atoms with Gasteiger partial charge in [-0.05, 0) is 41.3 Å². The third-order valence-electron chi connectivity index (χ3n) is 4.65. The molecule has 1 atom stereocenters. The molecule has 0 saturated carbocycles. The molecule has 0 aromatic heterocycles. The highest BCUT2D eigenvalue weighted by atomic mass is 16.2. The second-order valence-corrected chi connectivity index (χ2v) is 7.13. The minimum absolute atomic E-state index is 0.195. The third kappa shape index (κ3) is 6.51. The molecule has 0 aliphatic rings. The van der Waals surface area contributed by atoms with Crippen molar-refractivity contribution in [1.29, 1.82) is 0 Å². The van der Waals surface area contributed by atoms with Crippen LogP contribution in [0.1, 0.15) is 34.0 Å². The van der Waals surface area contributed by atoms with Gasteiger partial charge in [-0.1, -0.05) is 72.8 Å². The summed E-state index contributed by atoms with van der Waals surface area (Å²) >= 11 is 0. The molecule has 0 saturated heterocycles. The second-order valence-electron chi connectivity index (χ2n) is 7.13. The molecule has 0 bridgehead atoms. The molecule has 2 amide bonds. The molecule has 0 spiro atoms. The van der Waals surface area contributed by atoms with Gasteiger partial charge in [0.05, 0.1) is 6.04 Å². The summed E-state index contributed by atoms with van der Waals surface area (Å²) in [6, 6.07) is 23.6. The van der Waals surface area contributed by atoms with Gasteiger partial charge >= 0.3 is 0 Å². The number of hydrogen-bond acceptors (Lipinski definition) is 3. The van der Waals surface area contributed by atoms with Crippen LogP contribution in [0.5, 0.6) is 0 Å². The van der Waals surface area contributed by atoms with Crippen molar-refractivity contribution in [3.63, 3.8) is 0 Å². The Labute approximate surface area is 181 Å². The van der Waals surface area contributed by atoms with Crippen LogP contribution >= 0.6 is 0 Å². The highest BCUT2D eigenvalue weighted by Crippen LogP contribution is 2.20. The maximum atomic E-state index is 13.0. The Kier molecular flexibility index (Phi) is 7.49. The molecule has 0 aliphatic carbocycles. The van der Waals surface area contributed by atoms with Crippen LogP contribution in [0.15, 0.2) is 78.9 Å². The number of benzene rings is 3. The zero-order valence-corrected chi connectivity index (χ0v) is 17.2. The fraction of sp³-hybridized carbons (Fsp3) is 0.115. The molecule has 3 aromatic carbocycles. The Bertz CT molecular complexity index is 1080. The smallest absolute Gasteiger partial charge is 0.252 e. The Hall–Kier alpha value is -3.99. The first-order chi connectivity index (χ1) is 15.0. The summed E-state index contributed by atoms with van der Waals surface area (Å²) in [5.41, 5.74) is 3.59. The van der Waals surface area contributed by atoms with Crippen molar-refractivity contribution < 1.29 is 14.4 Å². The Morgan fingerprint density at radius 3 is 2.23 bits per heavy atom. The molecule has 2 N–H and O–H groups in total. The van der Waals surface area contributed by atoms with Gasteiger partial charge in [0.1, 0.15) is 6.29 Å². The average Bonchev–Trinajstić information content (AvgIpc) is 2.78. The fourth-order valence-electron chi connectivity index (χ4n) is 3.19. The summed E-state index contributed by atoms with van der Waals surface area (Å²) in [7, 11) is 0. The molecule has 0 radical (unpaired) electrons. The van der Waals surface area contributed by atoms with Crippen molar-refractivity contribution >= 4 is 35.9 Å².